The number of rotatable bonds is 3. The highest BCUT2D eigenvalue weighted by atomic mass is 15.1. The van der Waals surface area contributed by atoms with E-state index in [9.17, 15) is 0 Å². The third-order valence-electron chi connectivity index (χ3n) is 4.46. The Morgan fingerprint density at radius 3 is 2.30 bits per heavy atom. The highest BCUT2D eigenvalue weighted by Crippen LogP contribution is 2.27. The number of benzene rings is 1. The van der Waals surface area contributed by atoms with Crippen molar-refractivity contribution in [3.05, 3.63) is 29.8 Å². The van der Waals surface area contributed by atoms with Gasteiger partial charge in [0.1, 0.15) is 0 Å². The molecule has 1 saturated heterocycles. The quantitative estimate of drug-likeness (QED) is 0.894. The minimum atomic E-state index is 0.178. The number of hydrogen-bond donors (Lipinski definition) is 1. The summed E-state index contributed by atoms with van der Waals surface area (Å²) in [4.78, 5) is 2.53. The summed E-state index contributed by atoms with van der Waals surface area (Å²) in [6, 6.07) is 9.08. The van der Waals surface area contributed by atoms with E-state index in [0.29, 0.717) is 0 Å². The van der Waals surface area contributed by atoms with Gasteiger partial charge >= 0.3 is 0 Å². The molecule has 1 aromatic rings. The molecule has 1 N–H and O–H groups in total. The zero-order valence-electron chi connectivity index (χ0n) is 13.7. The summed E-state index contributed by atoms with van der Waals surface area (Å²) in [7, 11) is 0. The van der Waals surface area contributed by atoms with Crippen LogP contribution in [0.1, 0.15) is 46.6 Å². The van der Waals surface area contributed by atoms with Gasteiger partial charge in [0, 0.05) is 30.9 Å². The van der Waals surface area contributed by atoms with Gasteiger partial charge in [-0.15, -0.1) is 0 Å². The van der Waals surface area contributed by atoms with Crippen molar-refractivity contribution in [2.75, 3.05) is 18.0 Å². The van der Waals surface area contributed by atoms with Crippen LogP contribution >= 0.6 is 0 Å². The second kappa shape index (κ2) is 6.17. The molecular formula is C18H30N2. The molecule has 2 rings (SSSR count). The average Bonchev–Trinajstić information content (AvgIpc) is 2.39. The number of hydrogen-bond acceptors (Lipinski definition) is 2. The minimum absolute atomic E-state index is 0.178. The molecule has 0 spiro atoms. The first-order valence-corrected chi connectivity index (χ1v) is 7.94. The van der Waals surface area contributed by atoms with Crippen LogP contribution in [-0.2, 0) is 6.54 Å². The van der Waals surface area contributed by atoms with E-state index in [1.54, 1.807) is 0 Å². The first-order valence-electron chi connectivity index (χ1n) is 7.94. The van der Waals surface area contributed by atoms with Crippen molar-refractivity contribution in [3.8, 4) is 0 Å². The fourth-order valence-corrected chi connectivity index (χ4v) is 2.69. The maximum Gasteiger partial charge on any atom is 0.0366 e. The molecule has 1 aliphatic rings. The molecule has 112 valence electrons. The van der Waals surface area contributed by atoms with Crippen LogP contribution in [0.3, 0.4) is 0 Å². The Kier molecular flexibility index (Phi) is 4.74. The maximum atomic E-state index is 3.54. The molecule has 2 heteroatoms. The molecule has 0 aliphatic carbocycles. The Bertz CT molecular complexity index is 416. The smallest absolute Gasteiger partial charge is 0.0366 e. The summed E-state index contributed by atoms with van der Waals surface area (Å²) in [6.45, 7) is 14.7. The van der Waals surface area contributed by atoms with Gasteiger partial charge in [0.25, 0.3) is 0 Å². The Balaban J connectivity index is 1.94. The van der Waals surface area contributed by atoms with Gasteiger partial charge in [-0.3, -0.25) is 0 Å². The van der Waals surface area contributed by atoms with Crippen LogP contribution in [0.2, 0.25) is 0 Å². The van der Waals surface area contributed by atoms with Crippen molar-refractivity contribution in [1.29, 1.82) is 0 Å². The molecule has 1 fully saturated rings. The lowest BCUT2D eigenvalue weighted by atomic mass is 9.88. The minimum Gasteiger partial charge on any atom is -0.371 e. The van der Waals surface area contributed by atoms with Gasteiger partial charge in [-0.05, 0) is 56.7 Å². The predicted octanol–water partition coefficient (Wildman–Crippen LogP) is 4.06. The Hall–Kier alpha value is -1.02. The first kappa shape index (κ1) is 15.4. The van der Waals surface area contributed by atoms with Crippen molar-refractivity contribution < 1.29 is 0 Å². The normalized spacial score (nSPS) is 23.9. The van der Waals surface area contributed by atoms with Crippen LogP contribution in [0.5, 0.6) is 0 Å². The van der Waals surface area contributed by atoms with Gasteiger partial charge in [-0.2, -0.15) is 0 Å². The molecule has 20 heavy (non-hydrogen) atoms. The monoisotopic (exact) mass is 274 g/mol. The molecule has 0 amide bonds. The second-order valence-electron chi connectivity index (χ2n) is 7.46. The van der Waals surface area contributed by atoms with Crippen molar-refractivity contribution >= 4 is 5.69 Å². The third-order valence-corrected chi connectivity index (χ3v) is 4.46. The van der Waals surface area contributed by atoms with Gasteiger partial charge in [0.2, 0.25) is 0 Å². The molecule has 2 unspecified atom stereocenters. The molecule has 2 nitrogen and oxygen atoms in total. The van der Waals surface area contributed by atoms with Crippen LogP contribution in [0.15, 0.2) is 24.3 Å². The molecule has 1 aromatic carbocycles. The van der Waals surface area contributed by atoms with Gasteiger partial charge in [0.15, 0.2) is 0 Å². The summed E-state index contributed by atoms with van der Waals surface area (Å²) >= 11 is 0. The number of piperidine rings is 1. The highest BCUT2D eigenvalue weighted by molar-refractivity contribution is 5.48. The molecule has 2 atom stereocenters. The summed E-state index contributed by atoms with van der Waals surface area (Å²) < 4.78 is 0. The lowest BCUT2D eigenvalue weighted by molar-refractivity contribution is 0.324. The van der Waals surface area contributed by atoms with E-state index in [1.165, 1.54) is 30.8 Å². The van der Waals surface area contributed by atoms with Gasteiger partial charge in [0.05, 0.1) is 0 Å². The van der Waals surface area contributed by atoms with E-state index in [1.807, 2.05) is 0 Å². The molecule has 0 aromatic heterocycles. The van der Waals surface area contributed by atoms with Crippen LogP contribution in [0, 0.1) is 11.8 Å². The van der Waals surface area contributed by atoms with Gasteiger partial charge in [-0.25, -0.2) is 0 Å². The average molecular weight is 274 g/mol. The van der Waals surface area contributed by atoms with E-state index in [2.05, 4.69) is 69.1 Å². The Morgan fingerprint density at radius 1 is 1.10 bits per heavy atom. The fourth-order valence-electron chi connectivity index (χ4n) is 2.69. The Morgan fingerprint density at radius 2 is 1.75 bits per heavy atom. The number of nitrogens with zero attached hydrogens (tertiary/aromatic N) is 1. The molecule has 0 saturated carbocycles. The SMILES string of the molecule is CC1CCN(c2ccc(CNC(C)(C)C)cc2)CC1C. The van der Waals surface area contributed by atoms with Crippen LogP contribution in [-0.4, -0.2) is 18.6 Å². The van der Waals surface area contributed by atoms with Crippen LogP contribution < -0.4 is 10.2 Å². The summed E-state index contributed by atoms with van der Waals surface area (Å²) in [5.74, 6) is 1.66. The lowest BCUT2D eigenvalue weighted by Crippen LogP contribution is -2.38. The largest absolute Gasteiger partial charge is 0.371 e. The predicted molar refractivity (Wildman–Crippen MR) is 88.2 cm³/mol. The van der Waals surface area contributed by atoms with Crippen molar-refractivity contribution in [3.63, 3.8) is 0 Å². The molecule has 0 bridgehead atoms. The number of nitrogens with one attached hydrogen (secondary N) is 1. The van der Waals surface area contributed by atoms with Gasteiger partial charge < -0.3 is 10.2 Å². The summed E-state index contributed by atoms with van der Waals surface area (Å²) in [6.07, 6.45) is 1.31. The third kappa shape index (κ3) is 4.24. The van der Waals surface area contributed by atoms with E-state index < -0.39 is 0 Å². The standard InChI is InChI=1S/C18H30N2/c1-14-10-11-20(13-15(14)2)17-8-6-16(7-9-17)12-19-18(3,4)5/h6-9,14-15,19H,10-13H2,1-5H3. The van der Waals surface area contributed by atoms with Gasteiger partial charge in [-0.1, -0.05) is 26.0 Å². The zero-order valence-corrected chi connectivity index (χ0v) is 13.7. The van der Waals surface area contributed by atoms with E-state index in [-0.39, 0.29) is 5.54 Å². The van der Waals surface area contributed by atoms with Crippen LogP contribution in [0.4, 0.5) is 5.69 Å². The first-order chi connectivity index (χ1) is 9.35. The second-order valence-corrected chi connectivity index (χ2v) is 7.46. The van der Waals surface area contributed by atoms with Crippen molar-refractivity contribution in [2.45, 2.75) is 53.1 Å². The van der Waals surface area contributed by atoms with E-state index >= 15 is 0 Å². The Labute approximate surface area is 124 Å². The zero-order chi connectivity index (χ0) is 14.8. The van der Waals surface area contributed by atoms with E-state index in [4.69, 9.17) is 0 Å². The summed E-state index contributed by atoms with van der Waals surface area (Å²) in [5, 5.41) is 3.54. The highest BCUT2D eigenvalue weighted by Gasteiger charge is 2.22. The van der Waals surface area contributed by atoms with Crippen molar-refractivity contribution in [2.24, 2.45) is 11.8 Å². The van der Waals surface area contributed by atoms with Crippen LogP contribution in [0.25, 0.3) is 0 Å². The molecule has 1 aliphatic heterocycles. The summed E-state index contributed by atoms with van der Waals surface area (Å²) in [5.41, 5.74) is 2.92. The maximum absolute atomic E-state index is 3.54. The topological polar surface area (TPSA) is 15.3 Å². The molecular weight excluding hydrogens is 244 g/mol. The molecule has 0 radical (unpaired) electrons. The lowest BCUT2D eigenvalue weighted by Gasteiger charge is -2.37. The van der Waals surface area contributed by atoms with Crippen molar-refractivity contribution in [1.82, 2.24) is 5.32 Å². The van der Waals surface area contributed by atoms with E-state index in [0.717, 1.165) is 18.4 Å². The number of anilines is 1. The molecule has 1 heterocycles. The fraction of sp³-hybridized carbons (Fsp3) is 0.667.